The van der Waals surface area contributed by atoms with Crippen molar-refractivity contribution in [2.75, 3.05) is 0 Å². The van der Waals surface area contributed by atoms with Crippen LogP contribution in [0.2, 0.25) is 5.15 Å². The van der Waals surface area contributed by atoms with Crippen LogP contribution in [0.3, 0.4) is 0 Å². The zero-order valence-corrected chi connectivity index (χ0v) is 19.6. The summed E-state index contributed by atoms with van der Waals surface area (Å²) in [6.45, 7) is 8.17. The van der Waals surface area contributed by atoms with E-state index < -0.39 is 5.79 Å². The van der Waals surface area contributed by atoms with Gasteiger partial charge in [-0.25, -0.2) is 9.97 Å². The molecule has 1 aliphatic heterocycles. The number of aryl methyl sites for hydroxylation is 2. The van der Waals surface area contributed by atoms with E-state index in [2.05, 4.69) is 47.0 Å². The monoisotopic (exact) mass is 459 g/mol. The summed E-state index contributed by atoms with van der Waals surface area (Å²) in [5, 5.41) is 8.25. The average Bonchev–Trinajstić information content (AvgIpc) is 3.41. The molecular weight excluding hydrogens is 430 g/mol. The van der Waals surface area contributed by atoms with Crippen LogP contribution in [0.25, 0.3) is 11.0 Å². The van der Waals surface area contributed by atoms with Gasteiger partial charge in [0.15, 0.2) is 5.79 Å². The first-order chi connectivity index (χ1) is 15.2. The third-order valence-corrected chi connectivity index (χ3v) is 6.09. The summed E-state index contributed by atoms with van der Waals surface area (Å²) in [5.74, 6) is 0.212. The first-order valence-electron chi connectivity index (χ1n) is 10.7. The molecule has 3 unspecified atom stereocenters. The molecular formula is C24H30ClN3O4. The molecule has 2 aromatic heterocycles. The van der Waals surface area contributed by atoms with Crippen molar-refractivity contribution in [2.45, 2.75) is 65.0 Å². The number of hydrogen-bond donors (Lipinski definition) is 2. The zero-order valence-electron chi connectivity index (χ0n) is 18.8. The number of ether oxygens (including phenoxy) is 2. The van der Waals surface area contributed by atoms with Crippen molar-refractivity contribution in [1.82, 2.24) is 15.0 Å². The number of fused-ring (bicyclic) bond motifs is 2. The molecule has 1 aromatic carbocycles. The highest BCUT2D eigenvalue weighted by atomic mass is 35.5. The Morgan fingerprint density at radius 1 is 1.22 bits per heavy atom. The Bertz CT molecular complexity index is 1050. The molecule has 3 heterocycles. The largest absolute Gasteiger partial charge is 0.483 e. The zero-order chi connectivity index (χ0) is 23.3. The molecule has 0 spiro atoms. The fraction of sp³-hybridized carbons (Fsp3) is 0.458. The van der Waals surface area contributed by atoms with Gasteiger partial charge in [-0.3, -0.25) is 4.79 Å². The summed E-state index contributed by atoms with van der Waals surface area (Å²) in [6, 6.07) is 8.61. The minimum Gasteiger partial charge on any atom is -0.483 e. The number of hydrogen-bond acceptors (Lipinski definition) is 5. The molecule has 1 aliphatic carbocycles. The predicted octanol–water partition coefficient (Wildman–Crippen LogP) is 5.09. The minimum atomic E-state index is -0.393. The average molecular weight is 460 g/mol. The molecule has 5 rings (SSSR count). The second kappa shape index (κ2) is 10.4. The standard InChI is InChI=1S/C17H24O2.C6H4ClN3.CH2O2/c1-11-5-6-13(12(2)9-11)10-14-7-8-15-16(14)19-17(3,4)18-15;7-5-4-1-2-8-6(4)10-3-9-5;2-1-3/h5-6,9,14-16H,7-8,10H2,1-4H3;1-3H,(H,8,9,10);1H,(H,2,3). The maximum atomic E-state index is 8.36. The Hall–Kier alpha value is -2.48. The van der Waals surface area contributed by atoms with Gasteiger partial charge in [0, 0.05) is 6.20 Å². The predicted molar refractivity (Wildman–Crippen MR) is 124 cm³/mol. The maximum absolute atomic E-state index is 8.36. The smallest absolute Gasteiger partial charge is 0.290 e. The number of carboxylic acid groups (broad SMARTS) is 1. The van der Waals surface area contributed by atoms with Crippen LogP contribution in [0.5, 0.6) is 0 Å². The van der Waals surface area contributed by atoms with Gasteiger partial charge in [0.25, 0.3) is 6.47 Å². The van der Waals surface area contributed by atoms with Crippen LogP contribution in [0.4, 0.5) is 0 Å². The van der Waals surface area contributed by atoms with Crippen LogP contribution in [-0.4, -0.2) is 44.5 Å². The molecule has 32 heavy (non-hydrogen) atoms. The lowest BCUT2D eigenvalue weighted by Gasteiger charge is -2.22. The number of benzene rings is 1. The molecule has 0 amide bonds. The van der Waals surface area contributed by atoms with Gasteiger partial charge in [-0.15, -0.1) is 0 Å². The SMILES string of the molecule is Cc1ccc(CC2CCC3OC(C)(C)OC23)c(C)c1.Clc1ncnc2[nH]ccc12.O=CO. The minimum absolute atomic E-state index is 0.250. The highest BCUT2D eigenvalue weighted by Crippen LogP contribution is 2.42. The number of rotatable bonds is 2. The van der Waals surface area contributed by atoms with E-state index in [1.54, 1.807) is 6.20 Å². The van der Waals surface area contributed by atoms with Gasteiger partial charge >= 0.3 is 0 Å². The Kier molecular flexibility index (Phi) is 7.87. The van der Waals surface area contributed by atoms with Crippen molar-refractivity contribution in [2.24, 2.45) is 5.92 Å². The summed E-state index contributed by atoms with van der Waals surface area (Å²) < 4.78 is 12.1. The van der Waals surface area contributed by atoms with Crippen LogP contribution in [-0.2, 0) is 20.7 Å². The lowest BCUT2D eigenvalue weighted by Crippen LogP contribution is -2.26. The lowest BCUT2D eigenvalue weighted by molar-refractivity contribution is -0.156. The molecule has 3 aromatic rings. The van der Waals surface area contributed by atoms with Crippen LogP contribution in [0.15, 0.2) is 36.8 Å². The molecule has 2 N–H and O–H groups in total. The molecule has 2 aliphatic rings. The summed E-state index contributed by atoms with van der Waals surface area (Å²) in [5.41, 5.74) is 4.98. The molecule has 3 atom stereocenters. The van der Waals surface area contributed by atoms with Gasteiger partial charge < -0.3 is 19.6 Å². The van der Waals surface area contributed by atoms with E-state index in [0.29, 0.717) is 17.2 Å². The van der Waals surface area contributed by atoms with E-state index in [0.717, 1.165) is 23.9 Å². The van der Waals surface area contributed by atoms with Crippen LogP contribution >= 0.6 is 11.6 Å². The Balaban J connectivity index is 0.000000186. The first-order valence-corrected chi connectivity index (χ1v) is 11.0. The van der Waals surface area contributed by atoms with Crippen LogP contribution in [0, 0.1) is 19.8 Å². The van der Waals surface area contributed by atoms with Crippen molar-refractivity contribution >= 4 is 29.1 Å². The maximum Gasteiger partial charge on any atom is 0.290 e. The summed E-state index contributed by atoms with van der Waals surface area (Å²) in [6.07, 6.45) is 7.29. The third kappa shape index (κ3) is 5.85. The fourth-order valence-corrected chi connectivity index (χ4v) is 4.64. The van der Waals surface area contributed by atoms with E-state index >= 15 is 0 Å². The van der Waals surface area contributed by atoms with Gasteiger partial charge in [0.05, 0.1) is 17.6 Å². The van der Waals surface area contributed by atoms with Crippen LogP contribution < -0.4 is 0 Å². The molecule has 7 nitrogen and oxygen atoms in total. The number of aromatic amines is 1. The summed E-state index contributed by atoms with van der Waals surface area (Å²) in [7, 11) is 0. The molecule has 1 saturated heterocycles. The van der Waals surface area contributed by atoms with Crippen molar-refractivity contribution in [3.63, 3.8) is 0 Å². The summed E-state index contributed by atoms with van der Waals surface area (Å²) >= 11 is 5.73. The highest BCUT2D eigenvalue weighted by molar-refractivity contribution is 6.33. The summed E-state index contributed by atoms with van der Waals surface area (Å²) in [4.78, 5) is 19.1. The number of carbonyl (C=O) groups is 1. The van der Waals surface area contributed by atoms with Gasteiger partial charge in [-0.1, -0.05) is 35.4 Å². The highest BCUT2D eigenvalue weighted by Gasteiger charge is 2.48. The van der Waals surface area contributed by atoms with Crippen molar-refractivity contribution < 1.29 is 19.4 Å². The quantitative estimate of drug-likeness (QED) is 0.409. The van der Waals surface area contributed by atoms with E-state index in [1.807, 2.05) is 19.9 Å². The molecule has 0 bridgehead atoms. The van der Waals surface area contributed by atoms with Gasteiger partial charge in [0.1, 0.15) is 17.1 Å². The molecule has 8 heteroatoms. The fourth-order valence-electron chi connectivity index (χ4n) is 4.44. The number of nitrogens with one attached hydrogen (secondary N) is 1. The number of nitrogens with zero attached hydrogens (tertiary/aromatic N) is 2. The Labute approximate surface area is 193 Å². The van der Waals surface area contributed by atoms with Crippen molar-refractivity contribution in [3.8, 4) is 0 Å². The topological polar surface area (TPSA) is 97.3 Å². The molecule has 0 radical (unpaired) electrons. The van der Waals surface area contributed by atoms with Crippen LogP contribution in [0.1, 0.15) is 43.4 Å². The normalized spacial score (nSPS) is 23.0. The Morgan fingerprint density at radius 3 is 2.66 bits per heavy atom. The molecule has 1 saturated carbocycles. The van der Waals surface area contributed by atoms with Crippen molar-refractivity contribution in [3.05, 3.63) is 58.6 Å². The first kappa shape index (κ1) is 24.2. The second-order valence-electron chi connectivity index (χ2n) is 8.62. The molecule has 2 fully saturated rings. The number of halogens is 1. The van der Waals surface area contributed by atoms with E-state index in [4.69, 9.17) is 31.0 Å². The van der Waals surface area contributed by atoms with Crippen molar-refractivity contribution in [1.29, 1.82) is 0 Å². The van der Waals surface area contributed by atoms with Gasteiger partial charge in [-0.2, -0.15) is 0 Å². The molecule has 172 valence electrons. The van der Waals surface area contributed by atoms with Gasteiger partial charge in [0.2, 0.25) is 0 Å². The second-order valence-corrected chi connectivity index (χ2v) is 8.98. The van der Waals surface area contributed by atoms with E-state index in [1.165, 1.54) is 29.4 Å². The number of H-pyrrole nitrogens is 1. The van der Waals surface area contributed by atoms with E-state index in [9.17, 15) is 0 Å². The third-order valence-electron chi connectivity index (χ3n) is 5.79. The van der Waals surface area contributed by atoms with Gasteiger partial charge in [-0.05, 0) is 70.1 Å². The Morgan fingerprint density at radius 2 is 1.97 bits per heavy atom. The van der Waals surface area contributed by atoms with E-state index in [-0.39, 0.29) is 12.6 Å². The number of aromatic nitrogens is 3. The lowest BCUT2D eigenvalue weighted by atomic mass is 9.92.